The molecule has 0 aromatic heterocycles. The van der Waals surface area contributed by atoms with Crippen molar-refractivity contribution in [1.29, 1.82) is 10.5 Å². The Kier molecular flexibility index (Phi) is 6.19. The molecule has 0 aliphatic rings. The van der Waals surface area contributed by atoms with Gasteiger partial charge in [-0.3, -0.25) is 4.79 Å². The molecular weight excluding hydrogens is 332 g/mol. The lowest BCUT2D eigenvalue weighted by molar-refractivity contribution is -0.112. The topological polar surface area (TPSA) is 107 Å². The minimum Gasteiger partial charge on any atom is -0.493 e. The molecule has 7 heteroatoms. The molecule has 0 saturated heterocycles. The molecule has 2 aromatic rings. The van der Waals surface area contributed by atoms with Gasteiger partial charge in [-0.05, 0) is 24.3 Å². The zero-order chi connectivity index (χ0) is 18.9. The van der Waals surface area contributed by atoms with Gasteiger partial charge in [0, 0.05) is 18.0 Å². The van der Waals surface area contributed by atoms with E-state index in [4.69, 9.17) is 14.7 Å². The lowest BCUT2D eigenvalue weighted by atomic mass is 10.2. The molecule has 0 bridgehead atoms. The SMILES string of the molecule is COc1ccc(NC(=O)/C(C#N)=C\Nc2ccccc2C#N)cc1OC. The van der Waals surface area contributed by atoms with Crippen molar-refractivity contribution in [1.82, 2.24) is 0 Å². The minimum atomic E-state index is -0.596. The fourth-order valence-electron chi connectivity index (χ4n) is 2.12. The maximum absolute atomic E-state index is 12.3. The number of ether oxygens (including phenoxy) is 2. The summed E-state index contributed by atoms with van der Waals surface area (Å²) in [5.41, 5.74) is 1.21. The summed E-state index contributed by atoms with van der Waals surface area (Å²) in [6.07, 6.45) is 1.26. The molecule has 0 fully saturated rings. The van der Waals surface area contributed by atoms with Crippen molar-refractivity contribution in [3.05, 3.63) is 59.8 Å². The van der Waals surface area contributed by atoms with Crippen LogP contribution in [0.25, 0.3) is 0 Å². The van der Waals surface area contributed by atoms with Crippen LogP contribution in [0.5, 0.6) is 11.5 Å². The van der Waals surface area contributed by atoms with Gasteiger partial charge in [0.1, 0.15) is 17.7 Å². The van der Waals surface area contributed by atoms with Gasteiger partial charge >= 0.3 is 0 Å². The van der Waals surface area contributed by atoms with Crippen LogP contribution >= 0.6 is 0 Å². The van der Waals surface area contributed by atoms with Crippen LogP contribution in [0, 0.1) is 22.7 Å². The molecule has 26 heavy (non-hydrogen) atoms. The number of benzene rings is 2. The third-order valence-electron chi connectivity index (χ3n) is 3.43. The Balaban J connectivity index is 2.16. The highest BCUT2D eigenvalue weighted by Crippen LogP contribution is 2.29. The Morgan fingerprint density at radius 1 is 1.08 bits per heavy atom. The maximum atomic E-state index is 12.3. The average molecular weight is 348 g/mol. The first-order valence-corrected chi connectivity index (χ1v) is 7.52. The van der Waals surface area contributed by atoms with Crippen molar-refractivity contribution in [2.24, 2.45) is 0 Å². The van der Waals surface area contributed by atoms with Crippen molar-refractivity contribution in [3.8, 4) is 23.6 Å². The summed E-state index contributed by atoms with van der Waals surface area (Å²) in [5.74, 6) is 0.381. The summed E-state index contributed by atoms with van der Waals surface area (Å²) < 4.78 is 10.3. The lowest BCUT2D eigenvalue weighted by Gasteiger charge is -2.10. The normalized spacial score (nSPS) is 10.2. The number of carbonyl (C=O) groups excluding carboxylic acids is 1. The number of rotatable bonds is 6. The largest absolute Gasteiger partial charge is 0.493 e. The number of amides is 1. The fourth-order valence-corrected chi connectivity index (χ4v) is 2.12. The van der Waals surface area contributed by atoms with Gasteiger partial charge < -0.3 is 20.1 Å². The number of para-hydroxylation sites is 1. The molecule has 0 aliphatic heterocycles. The second-order valence-corrected chi connectivity index (χ2v) is 5.00. The maximum Gasteiger partial charge on any atom is 0.267 e. The number of anilines is 2. The van der Waals surface area contributed by atoms with Crippen molar-refractivity contribution in [2.75, 3.05) is 24.9 Å². The van der Waals surface area contributed by atoms with Gasteiger partial charge in [-0.2, -0.15) is 10.5 Å². The number of methoxy groups -OCH3 is 2. The number of nitriles is 2. The Morgan fingerprint density at radius 2 is 1.81 bits per heavy atom. The van der Waals surface area contributed by atoms with Crippen LogP contribution in [0.2, 0.25) is 0 Å². The highest BCUT2D eigenvalue weighted by molar-refractivity contribution is 6.06. The zero-order valence-electron chi connectivity index (χ0n) is 14.2. The number of nitrogens with zero attached hydrogens (tertiary/aromatic N) is 2. The lowest BCUT2D eigenvalue weighted by Crippen LogP contribution is -2.14. The molecule has 7 nitrogen and oxygen atoms in total. The molecule has 0 atom stereocenters. The Bertz CT molecular complexity index is 923. The first kappa shape index (κ1) is 18.4. The third-order valence-corrected chi connectivity index (χ3v) is 3.43. The monoisotopic (exact) mass is 348 g/mol. The van der Waals surface area contributed by atoms with Crippen LogP contribution in [-0.4, -0.2) is 20.1 Å². The summed E-state index contributed by atoms with van der Waals surface area (Å²) in [4.78, 5) is 12.3. The van der Waals surface area contributed by atoms with Crippen LogP contribution in [0.15, 0.2) is 54.2 Å². The van der Waals surface area contributed by atoms with E-state index < -0.39 is 5.91 Å². The Hall–Kier alpha value is -3.97. The van der Waals surface area contributed by atoms with Gasteiger partial charge in [0.25, 0.3) is 5.91 Å². The van der Waals surface area contributed by atoms with Crippen LogP contribution in [0.4, 0.5) is 11.4 Å². The molecule has 130 valence electrons. The van der Waals surface area contributed by atoms with Crippen LogP contribution in [-0.2, 0) is 4.79 Å². The molecule has 0 saturated carbocycles. The third kappa shape index (κ3) is 4.31. The molecule has 0 spiro atoms. The van der Waals surface area contributed by atoms with Crippen LogP contribution in [0.1, 0.15) is 5.56 Å². The summed E-state index contributed by atoms with van der Waals surface area (Å²) in [5, 5.41) is 23.7. The number of carbonyl (C=O) groups is 1. The Labute approximate surface area is 151 Å². The van der Waals surface area contributed by atoms with E-state index in [1.807, 2.05) is 12.1 Å². The van der Waals surface area contributed by atoms with Crippen molar-refractivity contribution < 1.29 is 14.3 Å². The van der Waals surface area contributed by atoms with Gasteiger partial charge in [0.05, 0.1) is 25.5 Å². The molecule has 0 aliphatic carbocycles. The van der Waals surface area contributed by atoms with Crippen molar-refractivity contribution in [3.63, 3.8) is 0 Å². The van der Waals surface area contributed by atoms with Crippen LogP contribution in [0.3, 0.4) is 0 Å². The highest BCUT2D eigenvalue weighted by atomic mass is 16.5. The van der Waals surface area contributed by atoms with E-state index in [1.165, 1.54) is 20.4 Å². The number of hydrogen-bond donors (Lipinski definition) is 2. The van der Waals surface area contributed by atoms with E-state index in [2.05, 4.69) is 10.6 Å². The fraction of sp³-hybridized carbons (Fsp3) is 0.105. The molecule has 1 amide bonds. The van der Waals surface area contributed by atoms with Crippen LogP contribution < -0.4 is 20.1 Å². The van der Waals surface area contributed by atoms with Crippen molar-refractivity contribution >= 4 is 17.3 Å². The van der Waals surface area contributed by atoms with Gasteiger partial charge in [-0.1, -0.05) is 12.1 Å². The van der Waals surface area contributed by atoms with E-state index in [0.29, 0.717) is 28.4 Å². The second kappa shape index (κ2) is 8.76. The molecule has 0 unspecified atom stereocenters. The molecular formula is C19H16N4O3. The van der Waals surface area contributed by atoms with E-state index in [1.54, 1.807) is 42.5 Å². The smallest absolute Gasteiger partial charge is 0.267 e. The molecule has 0 heterocycles. The van der Waals surface area contributed by atoms with E-state index in [9.17, 15) is 10.1 Å². The first-order chi connectivity index (χ1) is 12.6. The standard InChI is InChI=1S/C19H16N4O3/c1-25-17-8-7-15(9-18(17)26-2)23-19(24)14(11-21)12-22-16-6-4-3-5-13(16)10-20/h3-9,12,22H,1-2H3,(H,23,24)/b14-12-. The quantitative estimate of drug-likeness (QED) is 0.614. The Morgan fingerprint density at radius 3 is 2.46 bits per heavy atom. The summed E-state index contributed by atoms with van der Waals surface area (Å²) >= 11 is 0. The molecule has 2 N–H and O–H groups in total. The predicted molar refractivity (Wildman–Crippen MR) is 96.7 cm³/mol. The summed E-state index contributed by atoms with van der Waals surface area (Å²) in [7, 11) is 3.00. The number of hydrogen-bond acceptors (Lipinski definition) is 6. The summed E-state index contributed by atoms with van der Waals surface area (Å²) in [6.45, 7) is 0. The van der Waals surface area contributed by atoms with Gasteiger partial charge in [0.15, 0.2) is 11.5 Å². The summed E-state index contributed by atoms with van der Waals surface area (Å²) in [6, 6.07) is 15.5. The van der Waals surface area contributed by atoms with Gasteiger partial charge in [-0.15, -0.1) is 0 Å². The van der Waals surface area contributed by atoms with E-state index in [-0.39, 0.29) is 5.57 Å². The van der Waals surface area contributed by atoms with Gasteiger partial charge in [-0.25, -0.2) is 0 Å². The predicted octanol–water partition coefficient (Wildman–Crippen LogP) is 3.03. The average Bonchev–Trinajstić information content (AvgIpc) is 2.68. The first-order valence-electron chi connectivity index (χ1n) is 7.52. The second-order valence-electron chi connectivity index (χ2n) is 5.00. The van der Waals surface area contributed by atoms with E-state index >= 15 is 0 Å². The van der Waals surface area contributed by atoms with Crippen molar-refractivity contribution in [2.45, 2.75) is 0 Å². The van der Waals surface area contributed by atoms with E-state index in [0.717, 1.165) is 0 Å². The molecule has 2 rings (SSSR count). The molecule has 2 aromatic carbocycles. The number of nitrogens with one attached hydrogen (secondary N) is 2. The van der Waals surface area contributed by atoms with Gasteiger partial charge in [0.2, 0.25) is 0 Å². The minimum absolute atomic E-state index is 0.146. The molecule has 0 radical (unpaired) electrons. The zero-order valence-corrected chi connectivity index (χ0v) is 14.2. The highest BCUT2D eigenvalue weighted by Gasteiger charge is 2.12.